The van der Waals surface area contributed by atoms with Crippen LogP contribution in [-0.4, -0.2) is 18.1 Å². The number of aromatic nitrogens is 1. The van der Waals surface area contributed by atoms with Gasteiger partial charge in [0.05, 0.1) is 6.54 Å². The predicted molar refractivity (Wildman–Crippen MR) is 69.6 cm³/mol. The van der Waals surface area contributed by atoms with Crippen molar-refractivity contribution in [2.75, 3.05) is 18.5 Å². The lowest BCUT2D eigenvalue weighted by Gasteiger charge is -2.10. The first-order valence-corrected chi connectivity index (χ1v) is 6.22. The van der Waals surface area contributed by atoms with Crippen LogP contribution in [0.4, 0.5) is 27.8 Å². The van der Waals surface area contributed by atoms with E-state index in [0.29, 0.717) is 0 Å². The zero-order valence-electron chi connectivity index (χ0n) is 11.1. The standard InChI is InChI=1S/C14H11F5N2O/c15-10-5-4-9(8-11(10)16)22-7-6-20-13-3-1-2-12(21-13)14(17,18)19/h1-5,8H,6-7H2,(H,20,21). The maximum absolute atomic E-state index is 12.9. The Labute approximate surface area is 122 Å². The van der Waals surface area contributed by atoms with E-state index in [9.17, 15) is 22.0 Å². The molecule has 0 fully saturated rings. The summed E-state index contributed by atoms with van der Waals surface area (Å²) in [7, 11) is 0. The number of benzene rings is 1. The zero-order valence-corrected chi connectivity index (χ0v) is 11.1. The highest BCUT2D eigenvalue weighted by Gasteiger charge is 2.32. The molecule has 0 unspecified atom stereocenters. The Bertz CT molecular complexity index is 645. The van der Waals surface area contributed by atoms with Crippen LogP contribution in [0, 0.1) is 11.6 Å². The zero-order chi connectivity index (χ0) is 16.2. The molecule has 0 bridgehead atoms. The van der Waals surface area contributed by atoms with Crippen molar-refractivity contribution in [3.8, 4) is 5.75 Å². The summed E-state index contributed by atoms with van der Waals surface area (Å²) in [4.78, 5) is 3.41. The molecular weight excluding hydrogens is 307 g/mol. The van der Waals surface area contributed by atoms with Crippen molar-refractivity contribution in [3.05, 3.63) is 53.7 Å². The first-order valence-electron chi connectivity index (χ1n) is 6.22. The third-order valence-corrected chi connectivity index (χ3v) is 2.61. The number of nitrogens with zero attached hydrogens (tertiary/aromatic N) is 1. The smallest absolute Gasteiger partial charge is 0.433 e. The maximum Gasteiger partial charge on any atom is 0.433 e. The first kappa shape index (κ1) is 16.0. The molecular formula is C14H11F5N2O. The maximum atomic E-state index is 12.9. The second-order valence-electron chi connectivity index (χ2n) is 4.26. The predicted octanol–water partition coefficient (Wildman–Crippen LogP) is 3.87. The molecule has 3 nitrogen and oxygen atoms in total. The molecule has 0 spiro atoms. The molecule has 2 aromatic rings. The van der Waals surface area contributed by atoms with Crippen LogP contribution in [0.15, 0.2) is 36.4 Å². The summed E-state index contributed by atoms with van der Waals surface area (Å²) in [5.41, 5.74) is -1.00. The monoisotopic (exact) mass is 318 g/mol. The lowest BCUT2D eigenvalue weighted by atomic mass is 10.3. The number of halogens is 5. The Morgan fingerprint density at radius 3 is 2.50 bits per heavy atom. The van der Waals surface area contributed by atoms with Crippen LogP contribution in [0.5, 0.6) is 5.75 Å². The number of ether oxygens (including phenoxy) is 1. The van der Waals surface area contributed by atoms with Crippen LogP contribution >= 0.6 is 0 Å². The number of alkyl halides is 3. The van der Waals surface area contributed by atoms with E-state index in [0.717, 1.165) is 18.2 Å². The molecule has 0 aliphatic heterocycles. The van der Waals surface area contributed by atoms with Crippen molar-refractivity contribution in [1.29, 1.82) is 0 Å². The SMILES string of the molecule is Fc1ccc(OCCNc2cccc(C(F)(F)F)n2)cc1F. The average Bonchev–Trinajstić information content (AvgIpc) is 2.47. The van der Waals surface area contributed by atoms with Crippen LogP contribution in [-0.2, 0) is 6.18 Å². The first-order chi connectivity index (χ1) is 10.4. The quantitative estimate of drug-likeness (QED) is 0.671. The fraction of sp³-hybridized carbons (Fsp3) is 0.214. The normalized spacial score (nSPS) is 11.3. The molecule has 0 aliphatic carbocycles. The van der Waals surface area contributed by atoms with Gasteiger partial charge in [0.25, 0.3) is 0 Å². The number of anilines is 1. The van der Waals surface area contributed by atoms with E-state index < -0.39 is 23.5 Å². The van der Waals surface area contributed by atoms with E-state index in [2.05, 4.69) is 10.3 Å². The summed E-state index contributed by atoms with van der Waals surface area (Å²) in [6.45, 7) is 0.191. The highest BCUT2D eigenvalue weighted by atomic mass is 19.4. The Morgan fingerprint density at radius 1 is 1.05 bits per heavy atom. The van der Waals surface area contributed by atoms with Gasteiger partial charge in [-0.15, -0.1) is 0 Å². The van der Waals surface area contributed by atoms with E-state index in [1.165, 1.54) is 18.2 Å². The van der Waals surface area contributed by atoms with E-state index in [1.807, 2.05) is 0 Å². The van der Waals surface area contributed by atoms with E-state index >= 15 is 0 Å². The topological polar surface area (TPSA) is 34.1 Å². The summed E-state index contributed by atoms with van der Waals surface area (Å²) >= 11 is 0. The van der Waals surface area contributed by atoms with Gasteiger partial charge in [-0.3, -0.25) is 0 Å². The summed E-state index contributed by atoms with van der Waals surface area (Å²) in [5, 5.41) is 2.65. The lowest BCUT2D eigenvalue weighted by Crippen LogP contribution is -2.14. The molecule has 0 aliphatic rings. The number of nitrogens with one attached hydrogen (secondary N) is 1. The van der Waals surface area contributed by atoms with Crippen LogP contribution in [0.3, 0.4) is 0 Å². The van der Waals surface area contributed by atoms with Crippen LogP contribution in [0.2, 0.25) is 0 Å². The molecule has 0 amide bonds. The summed E-state index contributed by atoms with van der Waals surface area (Å²) in [5.74, 6) is -1.86. The lowest BCUT2D eigenvalue weighted by molar-refractivity contribution is -0.141. The van der Waals surface area contributed by atoms with E-state index in [1.54, 1.807) is 0 Å². The van der Waals surface area contributed by atoms with Crippen molar-refractivity contribution in [2.45, 2.75) is 6.18 Å². The molecule has 2 rings (SSSR count). The van der Waals surface area contributed by atoms with Crippen molar-refractivity contribution < 1.29 is 26.7 Å². The Balaban J connectivity index is 1.85. The third-order valence-electron chi connectivity index (χ3n) is 2.61. The molecule has 0 radical (unpaired) electrons. The summed E-state index contributed by atoms with van der Waals surface area (Å²) < 4.78 is 68.2. The van der Waals surface area contributed by atoms with E-state index in [4.69, 9.17) is 4.74 Å². The van der Waals surface area contributed by atoms with Crippen LogP contribution in [0.1, 0.15) is 5.69 Å². The molecule has 8 heteroatoms. The fourth-order valence-corrected chi connectivity index (χ4v) is 1.61. The minimum atomic E-state index is -4.51. The Kier molecular flexibility index (Phi) is 4.79. The van der Waals surface area contributed by atoms with Gasteiger partial charge >= 0.3 is 6.18 Å². The number of pyridine rings is 1. The van der Waals surface area contributed by atoms with Gasteiger partial charge in [0.2, 0.25) is 0 Å². The van der Waals surface area contributed by atoms with E-state index in [-0.39, 0.29) is 24.7 Å². The van der Waals surface area contributed by atoms with Gasteiger partial charge < -0.3 is 10.1 Å². The van der Waals surface area contributed by atoms with Crippen molar-refractivity contribution in [1.82, 2.24) is 4.98 Å². The van der Waals surface area contributed by atoms with Gasteiger partial charge in [-0.05, 0) is 24.3 Å². The van der Waals surface area contributed by atoms with Crippen LogP contribution < -0.4 is 10.1 Å². The molecule has 0 atom stereocenters. The molecule has 1 aromatic heterocycles. The van der Waals surface area contributed by atoms with Crippen molar-refractivity contribution in [2.24, 2.45) is 0 Å². The van der Waals surface area contributed by atoms with Gasteiger partial charge in [0.1, 0.15) is 23.9 Å². The van der Waals surface area contributed by atoms with Crippen LogP contribution in [0.25, 0.3) is 0 Å². The minimum absolute atomic E-state index is 0.0446. The van der Waals surface area contributed by atoms with Crippen molar-refractivity contribution in [3.63, 3.8) is 0 Å². The fourth-order valence-electron chi connectivity index (χ4n) is 1.61. The van der Waals surface area contributed by atoms with Gasteiger partial charge in [-0.1, -0.05) is 6.07 Å². The average molecular weight is 318 g/mol. The summed E-state index contributed by atoms with van der Waals surface area (Å²) in [6.07, 6.45) is -4.51. The Hall–Kier alpha value is -2.38. The molecule has 1 heterocycles. The van der Waals surface area contributed by atoms with Gasteiger partial charge in [0.15, 0.2) is 11.6 Å². The molecule has 118 valence electrons. The molecule has 0 saturated heterocycles. The highest BCUT2D eigenvalue weighted by molar-refractivity contribution is 5.35. The molecule has 22 heavy (non-hydrogen) atoms. The van der Waals surface area contributed by atoms with Gasteiger partial charge in [0, 0.05) is 6.07 Å². The van der Waals surface area contributed by atoms with Crippen molar-refractivity contribution >= 4 is 5.82 Å². The number of hydrogen-bond donors (Lipinski definition) is 1. The largest absolute Gasteiger partial charge is 0.492 e. The van der Waals surface area contributed by atoms with Gasteiger partial charge in [-0.25, -0.2) is 13.8 Å². The molecule has 1 aromatic carbocycles. The number of rotatable bonds is 5. The number of hydrogen-bond acceptors (Lipinski definition) is 3. The highest BCUT2D eigenvalue weighted by Crippen LogP contribution is 2.28. The minimum Gasteiger partial charge on any atom is -0.492 e. The molecule has 0 saturated carbocycles. The summed E-state index contributed by atoms with van der Waals surface area (Å²) in [6, 6.07) is 6.54. The molecule has 1 N–H and O–H groups in total. The second-order valence-corrected chi connectivity index (χ2v) is 4.26. The Morgan fingerprint density at radius 2 is 1.82 bits per heavy atom. The second kappa shape index (κ2) is 6.59. The van der Waals surface area contributed by atoms with Gasteiger partial charge in [-0.2, -0.15) is 13.2 Å². The third kappa shape index (κ3) is 4.31.